The van der Waals surface area contributed by atoms with Crippen molar-refractivity contribution in [2.75, 3.05) is 6.61 Å². The third-order valence-corrected chi connectivity index (χ3v) is 2.11. The molecular weight excluding hydrogens is 166 g/mol. The molecule has 1 unspecified atom stereocenters. The van der Waals surface area contributed by atoms with Crippen LogP contribution in [0, 0.1) is 6.92 Å². The molecule has 0 aliphatic carbocycles. The summed E-state index contributed by atoms with van der Waals surface area (Å²) < 4.78 is 5.07. The molecule has 0 radical (unpaired) electrons. The van der Waals surface area contributed by atoms with Crippen LogP contribution in [0.4, 0.5) is 0 Å². The van der Waals surface area contributed by atoms with E-state index in [0.717, 1.165) is 5.56 Å². The van der Waals surface area contributed by atoms with Crippen LogP contribution in [0.1, 0.15) is 17.2 Å². The second-order valence-corrected chi connectivity index (χ2v) is 3.03. The lowest BCUT2D eigenvalue weighted by atomic mass is 10.1. The molecular formula is C9H11N3O. The standard InChI is InChI=1S/C9H11N3O/c1-6-2-3-11-4-7(6)8-5-13-9(10)12-8/h2-4,8H,5H2,1H3,(H2,10,12). The summed E-state index contributed by atoms with van der Waals surface area (Å²) in [5.41, 5.74) is 7.67. The van der Waals surface area contributed by atoms with E-state index in [2.05, 4.69) is 9.98 Å². The number of aryl methyl sites for hydroxylation is 1. The molecule has 0 spiro atoms. The number of pyridine rings is 1. The van der Waals surface area contributed by atoms with E-state index in [0.29, 0.717) is 6.61 Å². The first-order valence-corrected chi connectivity index (χ1v) is 4.14. The number of nitrogens with two attached hydrogens (primary N) is 1. The predicted octanol–water partition coefficient (Wildman–Crippen LogP) is 0.776. The molecule has 0 fully saturated rings. The van der Waals surface area contributed by atoms with Gasteiger partial charge in [-0.05, 0) is 18.6 Å². The highest BCUT2D eigenvalue weighted by Gasteiger charge is 2.20. The minimum absolute atomic E-state index is 0.0219. The quantitative estimate of drug-likeness (QED) is 0.689. The van der Waals surface area contributed by atoms with E-state index in [4.69, 9.17) is 10.5 Å². The van der Waals surface area contributed by atoms with E-state index in [9.17, 15) is 0 Å². The van der Waals surface area contributed by atoms with Gasteiger partial charge in [0.05, 0.1) is 0 Å². The van der Waals surface area contributed by atoms with E-state index in [1.807, 2.05) is 19.2 Å². The predicted molar refractivity (Wildman–Crippen MR) is 49.3 cm³/mol. The van der Waals surface area contributed by atoms with E-state index in [-0.39, 0.29) is 12.1 Å². The van der Waals surface area contributed by atoms with Gasteiger partial charge in [0.2, 0.25) is 0 Å². The van der Waals surface area contributed by atoms with Crippen LogP contribution in [0.15, 0.2) is 23.5 Å². The maximum absolute atomic E-state index is 5.42. The molecule has 2 rings (SSSR count). The van der Waals surface area contributed by atoms with Crippen LogP contribution in [-0.4, -0.2) is 17.6 Å². The normalized spacial score (nSPS) is 21.0. The van der Waals surface area contributed by atoms with Crippen molar-refractivity contribution < 1.29 is 4.74 Å². The number of aliphatic imine (C=N–C) groups is 1. The van der Waals surface area contributed by atoms with E-state index < -0.39 is 0 Å². The Morgan fingerprint density at radius 3 is 3.08 bits per heavy atom. The highest BCUT2D eigenvalue weighted by Crippen LogP contribution is 2.23. The monoisotopic (exact) mass is 177 g/mol. The van der Waals surface area contributed by atoms with Gasteiger partial charge in [-0.15, -0.1) is 0 Å². The van der Waals surface area contributed by atoms with Crippen LogP contribution in [0.25, 0.3) is 0 Å². The van der Waals surface area contributed by atoms with Crippen LogP contribution in [0.3, 0.4) is 0 Å². The summed E-state index contributed by atoms with van der Waals surface area (Å²) in [4.78, 5) is 8.20. The van der Waals surface area contributed by atoms with Gasteiger partial charge in [0.25, 0.3) is 6.02 Å². The van der Waals surface area contributed by atoms with Crippen molar-refractivity contribution >= 4 is 6.02 Å². The Morgan fingerprint density at radius 1 is 1.62 bits per heavy atom. The molecule has 2 heterocycles. The van der Waals surface area contributed by atoms with Crippen LogP contribution in [0.5, 0.6) is 0 Å². The Kier molecular flexibility index (Phi) is 1.88. The minimum atomic E-state index is 0.0219. The summed E-state index contributed by atoms with van der Waals surface area (Å²) in [6, 6.07) is 2.25. The molecule has 0 aromatic carbocycles. The second kappa shape index (κ2) is 3.05. The Morgan fingerprint density at radius 2 is 2.46 bits per heavy atom. The summed E-state index contributed by atoms with van der Waals surface area (Å²) in [6.45, 7) is 2.55. The Labute approximate surface area is 76.5 Å². The van der Waals surface area contributed by atoms with Gasteiger partial charge < -0.3 is 10.5 Å². The summed E-state index contributed by atoms with van der Waals surface area (Å²) >= 11 is 0. The summed E-state index contributed by atoms with van der Waals surface area (Å²) in [5, 5.41) is 0. The maximum atomic E-state index is 5.42. The van der Waals surface area contributed by atoms with Gasteiger partial charge >= 0.3 is 0 Å². The van der Waals surface area contributed by atoms with Crippen molar-refractivity contribution in [3.05, 3.63) is 29.6 Å². The third-order valence-electron chi connectivity index (χ3n) is 2.11. The summed E-state index contributed by atoms with van der Waals surface area (Å²) in [7, 11) is 0. The number of hydrogen-bond donors (Lipinski definition) is 1. The lowest BCUT2D eigenvalue weighted by Crippen LogP contribution is -2.10. The molecule has 0 saturated carbocycles. The molecule has 1 atom stereocenters. The smallest absolute Gasteiger partial charge is 0.282 e. The molecule has 4 nitrogen and oxygen atoms in total. The number of amidine groups is 1. The van der Waals surface area contributed by atoms with Gasteiger partial charge in [-0.25, -0.2) is 4.99 Å². The summed E-state index contributed by atoms with van der Waals surface area (Å²) in [5.74, 6) is 0. The van der Waals surface area contributed by atoms with Crippen molar-refractivity contribution in [3.8, 4) is 0 Å². The minimum Gasteiger partial charge on any atom is -0.463 e. The molecule has 1 aromatic heterocycles. The maximum Gasteiger partial charge on any atom is 0.282 e. The van der Waals surface area contributed by atoms with Gasteiger partial charge in [-0.3, -0.25) is 4.98 Å². The molecule has 1 aliphatic rings. The lowest BCUT2D eigenvalue weighted by molar-refractivity contribution is 0.314. The van der Waals surface area contributed by atoms with Crippen molar-refractivity contribution in [2.45, 2.75) is 13.0 Å². The van der Waals surface area contributed by atoms with E-state index in [1.165, 1.54) is 5.56 Å². The Bertz CT molecular complexity index is 348. The van der Waals surface area contributed by atoms with Gasteiger partial charge in [0.15, 0.2) is 0 Å². The van der Waals surface area contributed by atoms with Crippen molar-refractivity contribution in [1.82, 2.24) is 4.98 Å². The zero-order valence-electron chi connectivity index (χ0n) is 7.40. The first kappa shape index (κ1) is 8.04. The highest BCUT2D eigenvalue weighted by molar-refractivity contribution is 5.73. The lowest BCUT2D eigenvalue weighted by Gasteiger charge is -2.07. The highest BCUT2D eigenvalue weighted by atomic mass is 16.5. The SMILES string of the molecule is Cc1ccncc1C1COC(N)=N1. The zero-order chi connectivity index (χ0) is 9.26. The summed E-state index contributed by atoms with van der Waals surface area (Å²) in [6.07, 6.45) is 3.58. The van der Waals surface area contributed by atoms with Gasteiger partial charge in [-0.1, -0.05) is 0 Å². The zero-order valence-corrected chi connectivity index (χ0v) is 7.40. The van der Waals surface area contributed by atoms with Crippen molar-refractivity contribution in [2.24, 2.45) is 10.7 Å². The van der Waals surface area contributed by atoms with Crippen LogP contribution < -0.4 is 5.73 Å². The number of ether oxygens (including phenoxy) is 1. The first-order valence-electron chi connectivity index (χ1n) is 4.14. The fraction of sp³-hybridized carbons (Fsp3) is 0.333. The molecule has 1 aliphatic heterocycles. The largest absolute Gasteiger partial charge is 0.463 e. The first-order chi connectivity index (χ1) is 6.27. The molecule has 0 saturated heterocycles. The van der Waals surface area contributed by atoms with Gasteiger partial charge in [-0.2, -0.15) is 0 Å². The van der Waals surface area contributed by atoms with Crippen LogP contribution in [-0.2, 0) is 4.74 Å². The molecule has 68 valence electrons. The Hall–Kier alpha value is -1.58. The molecule has 0 amide bonds. The fourth-order valence-electron chi connectivity index (χ4n) is 1.38. The molecule has 13 heavy (non-hydrogen) atoms. The molecule has 4 heteroatoms. The number of aromatic nitrogens is 1. The second-order valence-electron chi connectivity index (χ2n) is 3.03. The number of nitrogens with zero attached hydrogens (tertiary/aromatic N) is 2. The third kappa shape index (κ3) is 1.47. The van der Waals surface area contributed by atoms with Crippen molar-refractivity contribution in [1.29, 1.82) is 0 Å². The van der Waals surface area contributed by atoms with E-state index >= 15 is 0 Å². The van der Waals surface area contributed by atoms with Crippen molar-refractivity contribution in [3.63, 3.8) is 0 Å². The molecule has 2 N–H and O–H groups in total. The fourth-order valence-corrected chi connectivity index (χ4v) is 1.38. The number of rotatable bonds is 1. The van der Waals surface area contributed by atoms with E-state index in [1.54, 1.807) is 6.20 Å². The topological polar surface area (TPSA) is 60.5 Å². The average Bonchev–Trinajstić information content (AvgIpc) is 2.53. The van der Waals surface area contributed by atoms with Crippen LogP contribution >= 0.6 is 0 Å². The van der Waals surface area contributed by atoms with Gasteiger partial charge in [0.1, 0.15) is 12.6 Å². The van der Waals surface area contributed by atoms with Crippen LogP contribution in [0.2, 0.25) is 0 Å². The number of hydrogen-bond acceptors (Lipinski definition) is 4. The molecule has 0 bridgehead atoms. The Balaban J connectivity index is 2.31. The average molecular weight is 177 g/mol. The molecule has 1 aromatic rings. The van der Waals surface area contributed by atoms with Gasteiger partial charge in [0, 0.05) is 18.0 Å².